The normalized spacial score (nSPS) is 17.2. The molecule has 0 bridgehead atoms. The summed E-state index contributed by atoms with van der Waals surface area (Å²) in [6.45, 7) is 12.1. The molecule has 0 N–H and O–H groups in total. The van der Waals surface area contributed by atoms with Crippen molar-refractivity contribution in [3.63, 3.8) is 0 Å². The third-order valence-corrected chi connectivity index (χ3v) is 6.15. The van der Waals surface area contributed by atoms with Gasteiger partial charge in [-0.25, -0.2) is 0 Å². The largest absolute Gasteiger partial charge is 0.512 e. The van der Waals surface area contributed by atoms with Gasteiger partial charge in [-0.2, -0.15) is 0 Å². The molecule has 1 aliphatic carbocycles. The molecular formula is C13H24O3Si. The zero-order chi connectivity index (χ0) is 12.9. The first-order valence-corrected chi connectivity index (χ1v) is 8.18. The van der Waals surface area contributed by atoms with Crippen molar-refractivity contribution in [3.05, 3.63) is 23.3 Å². The molecule has 1 rings (SSSR count). The first-order valence-electron chi connectivity index (χ1n) is 6.38. The number of rotatable bonds is 7. The van der Waals surface area contributed by atoms with Gasteiger partial charge in [-0.3, -0.25) is 0 Å². The van der Waals surface area contributed by atoms with E-state index in [1.165, 1.54) is 11.1 Å². The molecule has 0 aliphatic heterocycles. The Bertz CT molecular complexity index is 275. The van der Waals surface area contributed by atoms with Crippen LogP contribution in [0, 0.1) is 0 Å². The third kappa shape index (κ3) is 3.28. The van der Waals surface area contributed by atoms with Crippen LogP contribution in [0.2, 0.25) is 5.54 Å². The van der Waals surface area contributed by atoms with Gasteiger partial charge in [0.2, 0.25) is 0 Å². The zero-order valence-electron chi connectivity index (χ0n) is 11.6. The van der Waals surface area contributed by atoms with E-state index in [2.05, 4.69) is 26.0 Å². The van der Waals surface area contributed by atoms with Gasteiger partial charge in [0, 0.05) is 19.8 Å². The summed E-state index contributed by atoms with van der Waals surface area (Å²) in [6, 6.07) is 0. The molecule has 0 spiro atoms. The van der Waals surface area contributed by atoms with E-state index in [0.717, 1.165) is 0 Å². The molecular weight excluding hydrogens is 232 g/mol. The van der Waals surface area contributed by atoms with Crippen molar-refractivity contribution < 1.29 is 13.3 Å². The number of allylic oxidation sites excluding steroid dienone is 4. The Morgan fingerprint density at radius 2 is 1.24 bits per heavy atom. The monoisotopic (exact) mass is 256 g/mol. The fourth-order valence-electron chi connectivity index (χ4n) is 2.07. The Kier molecular flexibility index (Phi) is 5.59. The lowest BCUT2D eigenvalue weighted by Gasteiger charge is -2.31. The minimum absolute atomic E-state index is 0.169. The summed E-state index contributed by atoms with van der Waals surface area (Å²) in [5, 5.41) is 0. The van der Waals surface area contributed by atoms with E-state index in [4.69, 9.17) is 13.3 Å². The van der Waals surface area contributed by atoms with E-state index >= 15 is 0 Å². The standard InChI is InChI=1S/C13H24O3Si/c1-6-14-17(15-7-2,16-8-3)13-9-11(4)12(5)10-13/h9-10,13H,6-8H2,1-5H3. The molecule has 0 heterocycles. The van der Waals surface area contributed by atoms with E-state index in [0.29, 0.717) is 19.8 Å². The molecule has 0 saturated heterocycles. The van der Waals surface area contributed by atoms with Crippen LogP contribution in [-0.2, 0) is 13.3 Å². The average molecular weight is 256 g/mol. The van der Waals surface area contributed by atoms with Gasteiger partial charge >= 0.3 is 8.80 Å². The van der Waals surface area contributed by atoms with Crippen molar-refractivity contribution in [1.29, 1.82) is 0 Å². The van der Waals surface area contributed by atoms with Crippen molar-refractivity contribution in [2.45, 2.75) is 40.2 Å². The topological polar surface area (TPSA) is 27.7 Å². The Morgan fingerprint density at radius 1 is 0.882 bits per heavy atom. The Labute approximate surface area is 106 Å². The van der Waals surface area contributed by atoms with E-state index in [1.54, 1.807) is 0 Å². The Morgan fingerprint density at radius 3 is 1.53 bits per heavy atom. The Balaban J connectivity index is 2.96. The SMILES string of the molecule is CCO[Si](OCC)(OCC)C1C=C(C)C(C)=C1. The molecule has 1 aliphatic rings. The molecule has 0 aromatic carbocycles. The van der Waals surface area contributed by atoms with E-state index < -0.39 is 8.80 Å². The van der Waals surface area contributed by atoms with Crippen molar-refractivity contribution in [2.75, 3.05) is 19.8 Å². The van der Waals surface area contributed by atoms with E-state index in [-0.39, 0.29) is 5.54 Å². The smallest absolute Gasteiger partial charge is 0.373 e. The van der Waals surface area contributed by atoms with E-state index in [9.17, 15) is 0 Å². The maximum atomic E-state index is 5.90. The van der Waals surface area contributed by atoms with Crippen LogP contribution in [-0.4, -0.2) is 28.6 Å². The van der Waals surface area contributed by atoms with Gasteiger partial charge in [-0.05, 0) is 34.6 Å². The molecule has 17 heavy (non-hydrogen) atoms. The quantitative estimate of drug-likeness (QED) is 0.654. The van der Waals surface area contributed by atoms with Crippen molar-refractivity contribution in [3.8, 4) is 0 Å². The molecule has 3 nitrogen and oxygen atoms in total. The van der Waals surface area contributed by atoms with Gasteiger partial charge < -0.3 is 13.3 Å². The number of hydrogen-bond acceptors (Lipinski definition) is 3. The van der Waals surface area contributed by atoms with Crippen LogP contribution < -0.4 is 0 Å². The van der Waals surface area contributed by atoms with Crippen molar-refractivity contribution in [2.24, 2.45) is 0 Å². The summed E-state index contributed by atoms with van der Waals surface area (Å²) in [6.07, 6.45) is 4.42. The molecule has 0 saturated carbocycles. The molecule has 0 aromatic rings. The van der Waals surface area contributed by atoms with Gasteiger partial charge in [0.15, 0.2) is 0 Å². The predicted octanol–water partition coefficient (Wildman–Crippen LogP) is 3.31. The highest BCUT2D eigenvalue weighted by molar-refractivity contribution is 6.63. The lowest BCUT2D eigenvalue weighted by Crippen LogP contribution is -2.49. The predicted molar refractivity (Wildman–Crippen MR) is 71.9 cm³/mol. The van der Waals surface area contributed by atoms with Crippen LogP contribution in [0.25, 0.3) is 0 Å². The molecule has 98 valence electrons. The first kappa shape index (κ1) is 14.6. The Hall–Kier alpha value is -0.423. The lowest BCUT2D eigenvalue weighted by molar-refractivity contribution is 0.0691. The molecule has 0 fully saturated rings. The highest BCUT2D eigenvalue weighted by Crippen LogP contribution is 2.36. The van der Waals surface area contributed by atoms with E-state index in [1.807, 2.05) is 20.8 Å². The second-order valence-electron chi connectivity index (χ2n) is 4.13. The molecule has 0 unspecified atom stereocenters. The third-order valence-electron chi connectivity index (χ3n) is 2.93. The summed E-state index contributed by atoms with van der Waals surface area (Å²) >= 11 is 0. The van der Waals surface area contributed by atoms with Crippen LogP contribution in [0.3, 0.4) is 0 Å². The maximum Gasteiger partial charge on any atom is 0.512 e. The molecule has 0 atom stereocenters. The van der Waals surface area contributed by atoms with Gasteiger partial charge in [0.25, 0.3) is 0 Å². The van der Waals surface area contributed by atoms with Crippen LogP contribution in [0.5, 0.6) is 0 Å². The molecule has 4 heteroatoms. The van der Waals surface area contributed by atoms with Crippen molar-refractivity contribution in [1.82, 2.24) is 0 Å². The van der Waals surface area contributed by atoms with Crippen LogP contribution in [0.1, 0.15) is 34.6 Å². The fraction of sp³-hybridized carbons (Fsp3) is 0.692. The lowest BCUT2D eigenvalue weighted by atomic mass is 10.2. The van der Waals surface area contributed by atoms with Gasteiger partial charge in [-0.15, -0.1) is 0 Å². The fourth-order valence-corrected chi connectivity index (χ4v) is 5.01. The highest BCUT2D eigenvalue weighted by Gasteiger charge is 2.48. The minimum Gasteiger partial charge on any atom is -0.373 e. The van der Waals surface area contributed by atoms with Crippen LogP contribution in [0.4, 0.5) is 0 Å². The molecule has 0 radical (unpaired) electrons. The van der Waals surface area contributed by atoms with Crippen LogP contribution in [0.15, 0.2) is 23.3 Å². The second kappa shape index (κ2) is 6.49. The van der Waals surface area contributed by atoms with Gasteiger partial charge in [0.05, 0.1) is 5.54 Å². The van der Waals surface area contributed by atoms with Crippen LogP contribution >= 0.6 is 0 Å². The minimum atomic E-state index is -2.60. The van der Waals surface area contributed by atoms with Gasteiger partial charge in [-0.1, -0.05) is 23.3 Å². The molecule has 0 amide bonds. The zero-order valence-corrected chi connectivity index (χ0v) is 12.6. The summed E-state index contributed by atoms with van der Waals surface area (Å²) in [5.74, 6) is 0. The van der Waals surface area contributed by atoms with Crippen molar-refractivity contribution >= 4 is 8.80 Å². The highest BCUT2D eigenvalue weighted by atomic mass is 28.4. The van der Waals surface area contributed by atoms with Gasteiger partial charge in [0.1, 0.15) is 0 Å². The maximum absolute atomic E-state index is 5.90. The molecule has 0 aromatic heterocycles. The summed E-state index contributed by atoms with van der Waals surface area (Å²) in [7, 11) is -2.60. The first-order chi connectivity index (χ1) is 8.09. The summed E-state index contributed by atoms with van der Waals surface area (Å²) < 4.78 is 17.7. The number of hydrogen-bond donors (Lipinski definition) is 0. The second-order valence-corrected chi connectivity index (χ2v) is 6.87. The average Bonchev–Trinajstić information content (AvgIpc) is 2.61. The summed E-state index contributed by atoms with van der Waals surface area (Å²) in [5.41, 5.74) is 2.76. The summed E-state index contributed by atoms with van der Waals surface area (Å²) in [4.78, 5) is 0.